The third-order valence-electron chi connectivity index (χ3n) is 3.94. The quantitative estimate of drug-likeness (QED) is 0.693. The third-order valence-corrected chi connectivity index (χ3v) is 3.94. The van der Waals surface area contributed by atoms with Crippen LogP contribution >= 0.6 is 0 Å². The number of likely N-dealkylation sites (N-methyl/N-ethyl adjacent to an activating group) is 1. The maximum Gasteiger partial charge on any atom is 0.273 e. The first-order chi connectivity index (χ1) is 12.1. The number of benzene rings is 1. The molecule has 0 N–H and O–H groups in total. The number of methoxy groups -OCH3 is 1. The molecule has 6 nitrogen and oxygen atoms in total. The Hall–Kier alpha value is -3.02. The van der Waals surface area contributed by atoms with Gasteiger partial charge >= 0.3 is 0 Å². The van der Waals surface area contributed by atoms with Gasteiger partial charge in [0.1, 0.15) is 29.4 Å². The third kappa shape index (κ3) is 3.91. The second-order valence-electron chi connectivity index (χ2n) is 5.85. The summed E-state index contributed by atoms with van der Waals surface area (Å²) in [5, 5.41) is 0. The van der Waals surface area contributed by atoms with Crippen LogP contribution in [0, 0.1) is 6.92 Å². The van der Waals surface area contributed by atoms with Gasteiger partial charge in [-0.1, -0.05) is 0 Å². The van der Waals surface area contributed by atoms with Crippen molar-refractivity contribution in [2.45, 2.75) is 6.92 Å². The molecule has 0 radical (unpaired) electrons. The second-order valence-corrected chi connectivity index (χ2v) is 5.85. The van der Waals surface area contributed by atoms with E-state index in [-0.39, 0.29) is 5.91 Å². The number of aryl methyl sites for hydroxylation is 1. The van der Waals surface area contributed by atoms with E-state index in [0.29, 0.717) is 18.8 Å². The average Bonchev–Trinajstić information content (AvgIpc) is 3.04. The van der Waals surface area contributed by atoms with Gasteiger partial charge in [-0.25, -0.2) is 4.98 Å². The van der Waals surface area contributed by atoms with Crippen LogP contribution in [0.1, 0.15) is 16.1 Å². The number of imidazole rings is 1. The normalized spacial score (nSPS) is 10.7. The Morgan fingerprint density at radius 2 is 1.92 bits per heavy atom. The Kier molecular flexibility index (Phi) is 4.88. The van der Waals surface area contributed by atoms with E-state index in [1.165, 1.54) is 0 Å². The number of carbonyl (C=O) groups excluding carboxylic acids is 1. The first-order valence-electron chi connectivity index (χ1n) is 8.04. The van der Waals surface area contributed by atoms with Gasteiger partial charge in [-0.05, 0) is 48.9 Å². The Balaban J connectivity index is 1.57. The van der Waals surface area contributed by atoms with E-state index < -0.39 is 0 Å². The minimum Gasteiger partial charge on any atom is -0.497 e. The van der Waals surface area contributed by atoms with Crippen molar-refractivity contribution in [1.29, 1.82) is 0 Å². The van der Waals surface area contributed by atoms with Gasteiger partial charge < -0.3 is 18.8 Å². The smallest absolute Gasteiger partial charge is 0.273 e. The highest BCUT2D eigenvalue weighted by molar-refractivity contribution is 5.92. The van der Waals surface area contributed by atoms with E-state index in [1.54, 1.807) is 25.3 Å². The molecule has 130 valence electrons. The SMILES string of the molecule is COc1ccc(OCCN(C)C(=O)c2cn3ccc(C)cc3n2)cc1. The van der Waals surface area contributed by atoms with E-state index in [9.17, 15) is 4.79 Å². The molecule has 1 aromatic carbocycles. The van der Waals surface area contributed by atoms with Crippen molar-refractivity contribution in [2.24, 2.45) is 0 Å². The molecule has 0 saturated heterocycles. The highest BCUT2D eigenvalue weighted by atomic mass is 16.5. The summed E-state index contributed by atoms with van der Waals surface area (Å²) in [7, 11) is 3.37. The number of amides is 1. The Bertz CT molecular complexity index is 871. The molecule has 0 fully saturated rings. The van der Waals surface area contributed by atoms with Crippen LogP contribution < -0.4 is 9.47 Å². The summed E-state index contributed by atoms with van der Waals surface area (Å²) in [5.41, 5.74) is 2.31. The number of aromatic nitrogens is 2. The molecule has 25 heavy (non-hydrogen) atoms. The van der Waals surface area contributed by atoms with Crippen LogP contribution in [0.25, 0.3) is 5.65 Å². The molecule has 2 heterocycles. The largest absolute Gasteiger partial charge is 0.497 e. The molecule has 0 spiro atoms. The standard InChI is InChI=1S/C19H21N3O3/c1-14-8-9-22-13-17(20-18(22)12-14)19(23)21(2)10-11-25-16-6-4-15(24-3)5-7-16/h4-9,12-13H,10-11H2,1-3H3. The lowest BCUT2D eigenvalue weighted by atomic mass is 10.3. The molecule has 0 aliphatic heterocycles. The summed E-state index contributed by atoms with van der Waals surface area (Å²) in [4.78, 5) is 18.5. The summed E-state index contributed by atoms with van der Waals surface area (Å²) in [6.07, 6.45) is 3.65. The van der Waals surface area contributed by atoms with E-state index >= 15 is 0 Å². The zero-order chi connectivity index (χ0) is 17.8. The van der Waals surface area contributed by atoms with Crippen LogP contribution in [-0.2, 0) is 0 Å². The van der Waals surface area contributed by atoms with Crippen molar-refractivity contribution < 1.29 is 14.3 Å². The van der Waals surface area contributed by atoms with Gasteiger partial charge in [-0.15, -0.1) is 0 Å². The minimum absolute atomic E-state index is 0.125. The van der Waals surface area contributed by atoms with Crippen molar-refractivity contribution in [1.82, 2.24) is 14.3 Å². The molecule has 0 bridgehead atoms. The monoisotopic (exact) mass is 339 g/mol. The topological polar surface area (TPSA) is 56.1 Å². The fourth-order valence-corrected chi connectivity index (χ4v) is 2.46. The number of hydrogen-bond acceptors (Lipinski definition) is 4. The summed E-state index contributed by atoms with van der Waals surface area (Å²) in [6.45, 7) is 2.87. The van der Waals surface area contributed by atoms with Crippen LogP contribution in [0.2, 0.25) is 0 Å². The Morgan fingerprint density at radius 3 is 2.64 bits per heavy atom. The zero-order valence-electron chi connectivity index (χ0n) is 14.6. The van der Waals surface area contributed by atoms with Crippen LogP contribution in [0.15, 0.2) is 48.8 Å². The number of nitrogens with zero attached hydrogens (tertiary/aromatic N) is 3. The minimum atomic E-state index is -0.125. The zero-order valence-corrected chi connectivity index (χ0v) is 14.6. The van der Waals surface area contributed by atoms with Gasteiger partial charge in [-0.3, -0.25) is 4.79 Å². The van der Waals surface area contributed by atoms with Crippen molar-refractivity contribution in [3.05, 3.63) is 60.0 Å². The van der Waals surface area contributed by atoms with Gasteiger partial charge in [0.2, 0.25) is 0 Å². The lowest BCUT2D eigenvalue weighted by Gasteiger charge is -2.16. The van der Waals surface area contributed by atoms with Crippen molar-refractivity contribution in [3.63, 3.8) is 0 Å². The molecular formula is C19H21N3O3. The first kappa shape index (κ1) is 16.8. The summed E-state index contributed by atoms with van der Waals surface area (Å²) in [6, 6.07) is 11.3. The van der Waals surface area contributed by atoms with Crippen molar-refractivity contribution in [2.75, 3.05) is 27.3 Å². The molecule has 3 rings (SSSR count). The fraction of sp³-hybridized carbons (Fsp3) is 0.263. The van der Waals surface area contributed by atoms with E-state index in [4.69, 9.17) is 9.47 Å². The molecule has 6 heteroatoms. The molecule has 0 atom stereocenters. The van der Waals surface area contributed by atoms with E-state index in [2.05, 4.69) is 4.98 Å². The number of rotatable bonds is 6. The highest BCUT2D eigenvalue weighted by Crippen LogP contribution is 2.17. The number of ether oxygens (including phenoxy) is 2. The van der Waals surface area contributed by atoms with E-state index in [0.717, 1.165) is 22.7 Å². The summed E-state index contributed by atoms with van der Waals surface area (Å²) < 4.78 is 12.6. The number of pyridine rings is 1. The molecule has 0 unspecified atom stereocenters. The molecule has 2 aromatic heterocycles. The highest BCUT2D eigenvalue weighted by Gasteiger charge is 2.15. The maximum absolute atomic E-state index is 12.5. The van der Waals surface area contributed by atoms with Gasteiger partial charge in [0.25, 0.3) is 5.91 Å². The van der Waals surface area contributed by atoms with Gasteiger partial charge in [0, 0.05) is 19.4 Å². The van der Waals surface area contributed by atoms with E-state index in [1.807, 2.05) is 53.9 Å². The fourth-order valence-electron chi connectivity index (χ4n) is 2.46. The van der Waals surface area contributed by atoms with Crippen molar-refractivity contribution in [3.8, 4) is 11.5 Å². The lowest BCUT2D eigenvalue weighted by molar-refractivity contribution is 0.0768. The molecule has 0 saturated carbocycles. The lowest BCUT2D eigenvalue weighted by Crippen LogP contribution is -2.31. The predicted molar refractivity (Wildman–Crippen MR) is 95.4 cm³/mol. The van der Waals surface area contributed by atoms with Gasteiger partial charge in [0.05, 0.1) is 13.7 Å². The number of fused-ring (bicyclic) bond motifs is 1. The average molecular weight is 339 g/mol. The van der Waals surface area contributed by atoms with Gasteiger partial charge in [0.15, 0.2) is 0 Å². The molecule has 3 aromatic rings. The van der Waals surface area contributed by atoms with Crippen LogP contribution in [0.3, 0.4) is 0 Å². The van der Waals surface area contributed by atoms with Gasteiger partial charge in [-0.2, -0.15) is 0 Å². The Morgan fingerprint density at radius 1 is 1.20 bits per heavy atom. The molecular weight excluding hydrogens is 318 g/mol. The van der Waals surface area contributed by atoms with Crippen molar-refractivity contribution >= 4 is 11.6 Å². The number of hydrogen-bond donors (Lipinski definition) is 0. The second kappa shape index (κ2) is 7.25. The van der Waals surface area contributed by atoms with Crippen LogP contribution in [-0.4, -0.2) is 47.5 Å². The predicted octanol–water partition coefficient (Wildman–Crippen LogP) is 2.80. The molecule has 1 amide bonds. The molecule has 0 aliphatic rings. The maximum atomic E-state index is 12.5. The van der Waals surface area contributed by atoms with Crippen LogP contribution in [0.4, 0.5) is 0 Å². The van der Waals surface area contributed by atoms with Crippen LogP contribution in [0.5, 0.6) is 11.5 Å². The number of carbonyl (C=O) groups is 1. The summed E-state index contributed by atoms with van der Waals surface area (Å²) >= 11 is 0. The summed E-state index contributed by atoms with van der Waals surface area (Å²) in [5.74, 6) is 1.39. The first-order valence-corrected chi connectivity index (χ1v) is 8.04. The molecule has 0 aliphatic carbocycles. The Labute approximate surface area is 146 Å².